The Hall–Kier alpha value is -2.53. The van der Waals surface area contributed by atoms with Gasteiger partial charge in [-0.2, -0.15) is 0 Å². The van der Waals surface area contributed by atoms with Crippen LogP contribution in [0.5, 0.6) is 0 Å². The SMILES string of the molecule is CN=C(NCc1cccc(NC(C)=O)c1)N(C)Cc1ccccc1Cl. The molecular formula is C19H23ClN4O. The molecule has 0 spiro atoms. The Morgan fingerprint density at radius 3 is 2.64 bits per heavy atom. The van der Waals surface area contributed by atoms with E-state index in [0.29, 0.717) is 13.1 Å². The minimum absolute atomic E-state index is 0.0830. The number of amides is 1. The number of hydrogen-bond acceptors (Lipinski definition) is 2. The zero-order valence-corrected chi connectivity index (χ0v) is 15.5. The molecule has 0 unspecified atom stereocenters. The number of carbonyl (C=O) groups is 1. The topological polar surface area (TPSA) is 56.7 Å². The highest BCUT2D eigenvalue weighted by Gasteiger charge is 2.09. The second kappa shape index (κ2) is 9.08. The van der Waals surface area contributed by atoms with E-state index in [1.54, 1.807) is 7.05 Å². The molecule has 1 amide bonds. The van der Waals surface area contributed by atoms with Crippen LogP contribution in [0.1, 0.15) is 18.1 Å². The van der Waals surface area contributed by atoms with Crippen LogP contribution >= 0.6 is 11.6 Å². The molecule has 0 fully saturated rings. The van der Waals surface area contributed by atoms with E-state index in [-0.39, 0.29) is 5.91 Å². The second-order valence-corrected chi connectivity index (χ2v) is 6.14. The maximum atomic E-state index is 11.2. The Morgan fingerprint density at radius 1 is 1.20 bits per heavy atom. The average molecular weight is 359 g/mol. The highest BCUT2D eigenvalue weighted by Crippen LogP contribution is 2.16. The summed E-state index contributed by atoms with van der Waals surface area (Å²) >= 11 is 6.23. The third-order valence-electron chi connectivity index (χ3n) is 3.64. The Morgan fingerprint density at radius 2 is 1.96 bits per heavy atom. The first-order chi connectivity index (χ1) is 12.0. The first-order valence-electron chi connectivity index (χ1n) is 8.01. The van der Waals surface area contributed by atoms with Crippen LogP contribution in [-0.4, -0.2) is 30.9 Å². The average Bonchev–Trinajstić information content (AvgIpc) is 2.57. The van der Waals surface area contributed by atoms with Crippen molar-refractivity contribution >= 4 is 29.2 Å². The predicted molar refractivity (Wildman–Crippen MR) is 104 cm³/mol. The highest BCUT2D eigenvalue weighted by molar-refractivity contribution is 6.31. The Balaban J connectivity index is 1.98. The fourth-order valence-electron chi connectivity index (χ4n) is 2.49. The highest BCUT2D eigenvalue weighted by atomic mass is 35.5. The van der Waals surface area contributed by atoms with Crippen molar-refractivity contribution in [2.75, 3.05) is 19.4 Å². The molecule has 25 heavy (non-hydrogen) atoms. The quantitative estimate of drug-likeness (QED) is 0.635. The molecule has 6 heteroatoms. The van der Waals surface area contributed by atoms with Crippen molar-refractivity contribution in [1.29, 1.82) is 0 Å². The lowest BCUT2D eigenvalue weighted by atomic mass is 10.2. The fraction of sp³-hybridized carbons (Fsp3) is 0.263. The van der Waals surface area contributed by atoms with Gasteiger partial charge in [0, 0.05) is 44.8 Å². The summed E-state index contributed by atoms with van der Waals surface area (Å²) in [7, 11) is 3.71. The molecule has 0 aliphatic rings. The van der Waals surface area contributed by atoms with Gasteiger partial charge in [-0.05, 0) is 29.3 Å². The van der Waals surface area contributed by atoms with Gasteiger partial charge in [-0.25, -0.2) is 0 Å². The lowest BCUT2D eigenvalue weighted by molar-refractivity contribution is -0.114. The minimum atomic E-state index is -0.0830. The molecule has 0 bridgehead atoms. The van der Waals surface area contributed by atoms with Gasteiger partial charge in [0.2, 0.25) is 5.91 Å². The van der Waals surface area contributed by atoms with Gasteiger partial charge in [0.05, 0.1) is 0 Å². The number of carbonyl (C=O) groups excluding carboxylic acids is 1. The number of nitrogens with one attached hydrogen (secondary N) is 2. The summed E-state index contributed by atoms with van der Waals surface area (Å²) in [6.07, 6.45) is 0. The van der Waals surface area contributed by atoms with Gasteiger partial charge in [0.1, 0.15) is 0 Å². The zero-order valence-electron chi connectivity index (χ0n) is 14.7. The zero-order chi connectivity index (χ0) is 18.2. The van der Waals surface area contributed by atoms with Gasteiger partial charge in [-0.3, -0.25) is 9.79 Å². The minimum Gasteiger partial charge on any atom is -0.352 e. The van der Waals surface area contributed by atoms with Crippen molar-refractivity contribution in [3.05, 3.63) is 64.7 Å². The molecule has 0 saturated heterocycles. The van der Waals surface area contributed by atoms with Crippen LogP contribution in [-0.2, 0) is 17.9 Å². The van der Waals surface area contributed by atoms with E-state index in [0.717, 1.165) is 27.8 Å². The largest absolute Gasteiger partial charge is 0.352 e. The smallest absolute Gasteiger partial charge is 0.221 e. The van der Waals surface area contributed by atoms with Crippen LogP contribution < -0.4 is 10.6 Å². The summed E-state index contributed by atoms with van der Waals surface area (Å²) < 4.78 is 0. The third kappa shape index (κ3) is 5.80. The van der Waals surface area contributed by atoms with Crippen LogP contribution in [0.4, 0.5) is 5.69 Å². The number of nitrogens with zero attached hydrogens (tertiary/aromatic N) is 2. The number of aliphatic imine (C=N–C) groups is 1. The van der Waals surface area contributed by atoms with Crippen LogP contribution in [0, 0.1) is 0 Å². The Labute approximate surface area is 153 Å². The van der Waals surface area contributed by atoms with Crippen LogP contribution in [0.25, 0.3) is 0 Å². The summed E-state index contributed by atoms with van der Waals surface area (Å²) in [4.78, 5) is 17.5. The molecule has 0 saturated carbocycles. The first kappa shape index (κ1) is 18.8. The van der Waals surface area contributed by atoms with Gasteiger partial charge >= 0.3 is 0 Å². The molecule has 2 aromatic carbocycles. The van der Waals surface area contributed by atoms with E-state index < -0.39 is 0 Å². The molecule has 0 radical (unpaired) electrons. The molecule has 0 aromatic heterocycles. The van der Waals surface area contributed by atoms with E-state index in [2.05, 4.69) is 15.6 Å². The fourth-order valence-corrected chi connectivity index (χ4v) is 2.68. The molecule has 0 aliphatic heterocycles. The molecule has 2 N–H and O–H groups in total. The number of benzene rings is 2. The van der Waals surface area contributed by atoms with Gasteiger partial charge in [0.25, 0.3) is 0 Å². The summed E-state index contributed by atoms with van der Waals surface area (Å²) in [6.45, 7) is 2.76. The molecule has 2 rings (SSSR count). The molecule has 0 heterocycles. The molecule has 132 valence electrons. The number of guanidine groups is 1. The molecular weight excluding hydrogens is 336 g/mol. The molecule has 2 aromatic rings. The van der Waals surface area contributed by atoms with Gasteiger partial charge in [-0.1, -0.05) is 41.9 Å². The van der Waals surface area contributed by atoms with Crippen molar-refractivity contribution in [2.45, 2.75) is 20.0 Å². The van der Waals surface area contributed by atoms with Crippen molar-refractivity contribution in [3.63, 3.8) is 0 Å². The Kier molecular flexibility index (Phi) is 6.83. The summed E-state index contributed by atoms with van der Waals surface area (Å²) in [5, 5.41) is 6.86. The van der Waals surface area contributed by atoms with E-state index in [4.69, 9.17) is 11.6 Å². The second-order valence-electron chi connectivity index (χ2n) is 5.73. The van der Waals surface area contributed by atoms with Crippen molar-refractivity contribution < 1.29 is 4.79 Å². The van der Waals surface area contributed by atoms with Crippen LogP contribution in [0.3, 0.4) is 0 Å². The van der Waals surface area contributed by atoms with E-state index in [9.17, 15) is 4.79 Å². The predicted octanol–water partition coefficient (Wildman–Crippen LogP) is 3.51. The molecule has 5 nitrogen and oxygen atoms in total. The summed E-state index contributed by atoms with van der Waals surface area (Å²) in [5.74, 6) is 0.685. The van der Waals surface area contributed by atoms with E-state index in [1.807, 2.05) is 60.5 Å². The third-order valence-corrected chi connectivity index (χ3v) is 4.01. The standard InChI is InChI=1S/C19H23ClN4O/c1-14(25)23-17-9-6-7-15(11-17)12-22-19(21-2)24(3)13-16-8-4-5-10-18(16)20/h4-11H,12-13H2,1-3H3,(H,21,22)(H,23,25). The molecule has 0 aliphatic carbocycles. The van der Waals surface area contributed by atoms with E-state index in [1.165, 1.54) is 6.92 Å². The lowest BCUT2D eigenvalue weighted by Crippen LogP contribution is -2.38. The number of halogens is 1. The summed E-state index contributed by atoms with van der Waals surface area (Å²) in [6, 6.07) is 15.5. The van der Waals surface area contributed by atoms with E-state index >= 15 is 0 Å². The van der Waals surface area contributed by atoms with Gasteiger partial charge in [-0.15, -0.1) is 0 Å². The normalized spacial score (nSPS) is 11.1. The van der Waals surface area contributed by atoms with Crippen molar-refractivity contribution in [2.24, 2.45) is 4.99 Å². The first-order valence-corrected chi connectivity index (χ1v) is 8.39. The van der Waals surface area contributed by atoms with Gasteiger partial charge in [0.15, 0.2) is 5.96 Å². The number of rotatable bonds is 5. The summed E-state index contributed by atoms with van der Waals surface area (Å²) in [5.41, 5.74) is 2.88. The number of anilines is 1. The maximum Gasteiger partial charge on any atom is 0.221 e. The monoisotopic (exact) mass is 358 g/mol. The van der Waals surface area contributed by atoms with Crippen molar-refractivity contribution in [1.82, 2.24) is 10.2 Å². The lowest BCUT2D eigenvalue weighted by Gasteiger charge is -2.22. The Bertz CT molecular complexity index is 761. The van der Waals surface area contributed by atoms with Crippen molar-refractivity contribution in [3.8, 4) is 0 Å². The van der Waals surface area contributed by atoms with Crippen LogP contribution in [0.2, 0.25) is 5.02 Å². The molecule has 0 atom stereocenters. The van der Waals surface area contributed by atoms with Gasteiger partial charge < -0.3 is 15.5 Å². The number of hydrogen-bond donors (Lipinski definition) is 2. The maximum absolute atomic E-state index is 11.2. The van der Waals surface area contributed by atoms with Crippen LogP contribution in [0.15, 0.2) is 53.5 Å².